The van der Waals surface area contributed by atoms with Gasteiger partial charge in [-0.2, -0.15) is 0 Å². The van der Waals surface area contributed by atoms with E-state index in [9.17, 15) is 0 Å². The van der Waals surface area contributed by atoms with Gasteiger partial charge in [0.15, 0.2) is 5.82 Å². The Labute approximate surface area is 283 Å². The van der Waals surface area contributed by atoms with Crippen LogP contribution in [0.1, 0.15) is 37.8 Å². The molecule has 2 nitrogen and oxygen atoms in total. The maximum absolute atomic E-state index is 5.48. The highest BCUT2D eigenvalue weighted by atomic mass is 32.1. The second-order valence-electron chi connectivity index (χ2n) is 13.2. The Kier molecular flexibility index (Phi) is 5.95. The maximum Gasteiger partial charge on any atom is 0.160 e. The van der Waals surface area contributed by atoms with Gasteiger partial charge < -0.3 is 0 Å². The average Bonchev–Trinajstić information content (AvgIpc) is 3.65. The van der Waals surface area contributed by atoms with E-state index >= 15 is 0 Å². The summed E-state index contributed by atoms with van der Waals surface area (Å²) >= 11 is 1.85. The lowest BCUT2D eigenvalue weighted by Gasteiger charge is -2.29. The van der Waals surface area contributed by atoms with Crippen molar-refractivity contribution in [2.24, 2.45) is 0 Å². The second-order valence-corrected chi connectivity index (χ2v) is 14.3. The molecule has 1 aliphatic carbocycles. The number of aromatic nitrogens is 2. The molecule has 228 valence electrons. The molecule has 0 N–H and O–H groups in total. The van der Waals surface area contributed by atoms with Gasteiger partial charge in [0, 0.05) is 42.1 Å². The number of fused-ring (bicyclic) bond motifs is 10. The summed E-state index contributed by atoms with van der Waals surface area (Å²) in [6.45, 7) is 4.65. The Bertz CT molecular complexity index is 2770. The molecule has 3 heteroatoms. The van der Waals surface area contributed by atoms with Crippen molar-refractivity contribution in [3.8, 4) is 33.8 Å². The van der Waals surface area contributed by atoms with Gasteiger partial charge in [0.05, 0.1) is 11.2 Å². The molecule has 48 heavy (non-hydrogen) atoms. The largest absolute Gasteiger partial charge is 0.227 e. The summed E-state index contributed by atoms with van der Waals surface area (Å²) < 4.78 is 2.54. The van der Waals surface area contributed by atoms with Crippen LogP contribution in [0.5, 0.6) is 0 Å². The third-order valence-electron chi connectivity index (χ3n) is 10.9. The van der Waals surface area contributed by atoms with Crippen LogP contribution < -0.4 is 0 Å². The van der Waals surface area contributed by atoms with Gasteiger partial charge in [0.2, 0.25) is 0 Å². The van der Waals surface area contributed by atoms with Gasteiger partial charge in [-0.15, -0.1) is 11.3 Å². The molecular formula is C45H32N2S. The molecule has 10 rings (SSSR count). The molecule has 9 aromatic rings. The highest BCUT2D eigenvalue weighted by molar-refractivity contribution is 7.26. The highest BCUT2D eigenvalue weighted by Gasteiger charge is 2.40. The molecule has 0 fully saturated rings. The van der Waals surface area contributed by atoms with Crippen LogP contribution in [-0.2, 0) is 5.41 Å². The highest BCUT2D eigenvalue weighted by Crippen LogP contribution is 2.53. The molecule has 0 saturated carbocycles. The molecule has 2 aromatic heterocycles. The quantitative estimate of drug-likeness (QED) is 0.193. The van der Waals surface area contributed by atoms with Gasteiger partial charge in [-0.3, -0.25) is 0 Å². The number of hydrogen-bond donors (Lipinski definition) is 0. The fraction of sp³-hybridized carbons (Fsp3) is 0.111. The lowest BCUT2D eigenvalue weighted by Crippen LogP contribution is -2.22. The van der Waals surface area contributed by atoms with E-state index in [0.29, 0.717) is 0 Å². The van der Waals surface area contributed by atoms with E-state index in [0.717, 1.165) is 46.4 Å². The number of rotatable bonds is 4. The molecule has 0 aliphatic heterocycles. The Balaban J connectivity index is 1.28. The molecule has 2 heterocycles. The molecule has 1 aliphatic rings. The first-order valence-electron chi connectivity index (χ1n) is 16.9. The summed E-state index contributed by atoms with van der Waals surface area (Å²) in [7, 11) is 0. The van der Waals surface area contributed by atoms with Crippen molar-refractivity contribution < 1.29 is 0 Å². The van der Waals surface area contributed by atoms with E-state index in [1.807, 2.05) is 11.3 Å². The fourth-order valence-electron chi connectivity index (χ4n) is 8.44. The zero-order chi connectivity index (χ0) is 32.0. The first kappa shape index (κ1) is 27.7. The Morgan fingerprint density at radius 2 is 1.21 bits per heavy atom. The summed E-state index contributed by atoms with van der Waals surface area (Å²) in [5.74, 6) is 0.768. The third kappa shape index (κ3) is 3.85. The summed E-state index contributed by atoms with van der Waals surface area (Å²) in [6, 6.07) is 49.0. The predicted molar refractivity (Wildman–Crippen MR) is 205 cm³/mol. The van der Waals surface area contributed by atoms with E-state index in [1.54, 1.807) is 0 Å². The molecular weight excluding hydrogens is 601 g/mol. The number of nitrogens with zero attached hydrogens (tertiary/aromatic N) is 2. The Hall–Kier alpha value is -5.38. The van der Waals surface area contributed by atoms with Crippen molar-refractivity contribution in [2.45, 2.75) is 32.1 Å². The average molecular weight is 633 g/mol. The van der Waals surface area contributed by atoms with E-state index in [-0.39, 0.29) is 5.41 Å². The van der Waals surface area contributed by atoms with Crippen LogP contribution in [0.15, 0.2) is 133 Å². The van der Waals surface area contributed by atoms with Crippen molar-refractivity contribution >= 4 is 64.0 Å². The van der Waals surface area contributed by atoms with E-state index in [1.165, 1.54) is 64.0 Å². The van der Waals surface area contributed by atoms with Gasteiger partial charge in [0.1, 0.15) is 0 Å². The monoisotopic (exact) mass is 632 g/mol. The minimum atomic E-state index is 0.0372. The number of thiophene rings is 1. The molecule has 0 spiro atoms. The van der Waals surface area contributed by atoms with E-state index in [2.05, 4.69) is 147 Å². The van der Waals surface area contributed by atoms with Gasteiger partial charge in [0.25, 0.3) is 0 Å². The van der Waals surface area contributed by atoms with Crippen molar-refractivity contribution in [3.05, 3.63) is 145 Å². The van der Waals surface area contributed by atoms with Crippen LogP contribution in [0.25, 0.3) is 86.4 Å². The van der Waals surface area contributed by atoms with Crippen molar-refractivity contribution in [2.75, 3.05) is 0 Å². The van der Waals surface area contributed by atoms with Gasteiger partial charge in [-0.1, -0.05) is 111 Å². The number of hydrogen-bond acceptors (Lipinski definition) is 3. The molecule has 0 bridgehead atoms. The summed E-state index contributed by atoms with van der Waals surface area (Å²) in [5, 5.41) is 8.50. The molecule has 0 saturated heterocycles. The zero-order valence-corrected chi connectivity index (χ0v) is 27.7. The fourth-order valence-corrected chi connectivity index (χ4v) is 9.58. The Morgan fingerprint density at radius 1 is 0.521 bits per heavy atom. The minimum Gasteiger partial charge on any atom is -0.227 e. The number of benzene rings is 7. The summed E-state index contributed by atoms with van der Waals surface area (Å²) in [5.41, 5.74) is 9.70. The van der Waals surface area contributed by atoms with Crippen molar-refractivity contribution in [1.82, 2.24) is 9.97 Å². The lowest BCUT2D eigenvalue weighted by atomic mass is 9.74. The smallest absolute Gasteiger partial charge is 0.160 e. The van der Waals surface area contributed by atoms with Gasteiger partial charge >= 0.3 is 0 Å². The van der Waals surface area contributed by atoms with Crippen LogP contribution in [0.2, 0.25) is 0 Å². The lowest BCUT2D eigenvalue weighted by molar-refractivity contribution is 0.490. The van der Waals surface area contributed by atoms with Crippen molar-refractivity contribution in [3.63, 3.8) is 0 Å². The van der Waals surface area contributed by atoms with Crippen LogP contribution in [0.3, 0.4) is 0 Å². The first-order valence-corrected chi connectivity index (χ1v) is 17.8. The normalized spacial score (nSPS) is 13.5. The molecule has 0 amide bonds. The molecule has 7 aromatic carbocycles. The van der Waals surface area contributed by atoms with Gasteiger partial charge in [-0.05, 0) is 93.0 Å². The summed E-state index contributed by atoms with van der Waals surface area (Å²) in [4.78, 5) is 10.9. The van der Waals surface area contributed by atoms with Gasteiger partial charge in [-0.25, -0.2) is 9.97 Å². The molecule has 0 atom stereocenters. The third-order valence-corrected chi connectivity index (χ3v) is 12.0. The second kappa shape index (κ2) is 10.3. The SMILES string of the molecule is CCC1(CC)c2ccccc2-c2cc(-c3nc(-c4ccc5ccccc5c4)c4ccc5sc6cc7ccccc7cc6c5c4n3)ccc21. The van der Waals surface area contributed by atoms with E-state index in [4.69, 9.17) is 9.97 Å². The van der Waals surface area contributed by atoms with Crippen LogP contribution in [0.4, 0.5) is 0 Å². The molecule has 0 unspecified atom stereocenters. The summed E-state index contributed by atoms with van der Waals surface area (Å²) in [6.07, 6.45) is 2.15. The predicted octanol–water partition coefficient (Wildman–Crippen LogP) is 12.7. The van der Waals surface area contributed by atoms with Crippen LogP contribution in [0, 0.1) is 0 Å². The van der Waals surface area contributed by atoms with Crippen LogP contribution >= 0.6 is 11.3 Å². The standard InChI is InChI=1S/C45H32N2S/c1-3-45(4-2)37-16-10-9-15-33(37)35-25-32(19-21-38(35)45)44-46-42(31-18-17-27-11-5-6-12-28(27)23-31)34-20-22-39-41(43(34)47-44)36-24-29-13-7-8-14-30(29)26-40(36)48-39/h5-26H,3-4H2,1-2H3. The topological polar surface area (TPSA) is 25.8 Å². The Morgan fingerprint density at radius 3 is 2.02 bits per heavy atom. The van der Waals surface area contributed by atoms with Crippen LogP contribution in [-0.4, -0.2) is 9.97 Å². The zero-order valence-electron chi connectivity index (χ0n) is 26.9. The molecule has 0 radical (unpaired) electrons. The maximum atomic E-state index is 5.48. The first-order chi connectivity index (χ1) is 23.6. The minimum absolute atomic E-state index is 0.0372. The van der Waals surface area contributed by atoms with Crippen molar-refractivity contribution in [1.29, 1.82) is 0 Å². The van der Waals surface area contributed by atoms with E-state index < -0.39 is 0 Å².